The van der Waals surface area contributed by atoms with Gasteiger partial charge in [-0.15, -0.1) is 11.6 Å². The first kappa shape index (κ1) is 15.8. The Labute approximate surface area is 120 Å². The minimum atomic E-state index is -0.182. The maximum atomic E-state index is 11.5. The first-order valence-corrected chi connectivity index (χ1v) is 7.34. The molecule has 1 rings (SSSR count). The molecule has 3 nitrogen and oxygen atoms in total. The predicted molar refractivity (Wildman–Crippen MR) is 79.8 cm³/mol. The Hall–Kier alpha value is -1.22. The molecule has 0 saturated heterocycles. The number of carbonyl (C=O) groups is 1. The van der Waals surface area contributed by atoms with Crippen LogP contribution in [0.2, 0.25) is 0 Å². The van der Waals surface area contributed by atoms with Crippen LogP contribution in [-0.2, 0) is 16.0 Å². The van der Waals surface area contributed by atoms with Crippen LogP contribution in [0.5, 0.6) is 0 Å². The molecule has 0 spiro atoms. The van der Waals surface area contributed by atoms with Crippen LogP contribution in [-0.4, -0.2) is 25.0 Å². The van der Waals surface area contributed by atoms with Crippen LogP contribution >= 0.6 is 11.6 Å². The lowest BCUT2D eigenvalue weighted by Crippen LogP contribution is -2.10. The smallest absolute Gasteiger partial charge is 0.310 e. The lowest BCUT2D eigenvalue weighted by molar-refractivity contribution is -0.142. The SMILES string of the molecule is CCOC(=O)Cc1ccccc1NCCCCCCl. The summed E-state index contributed by atoms with van der Waals surface area (Å²) in [6.07, 6.45) is 3.57. The quantitative estimate of drug-likeness (QED) is 0.427. The van der Waals surface area contributed by atoms with E-state index < -0.39 is 0 Å². The van der Waals surface area contributed by atoms with Crippen molar-refractivity contribution in [3.63, 3.8) is 0 Å². The Kier molecular flexibility index (Phi) is 8.07. The number of ether oxygens (including phenoxy) is 1. The number of benzene rings is 1. The lowest BCUT2D eigenvalue weighted by atomic mass is 10.1. The maximum absolute atomic E-state index is 11.5. The molecular formula is C15H22ClNO2. The molecule has 0 amide bonds. The predicted octanol–water partition coefficient (Wildman–Crippen LogP) is 3.61. The monoisotopic (exact) mass is 283 g/mol. The van der Waals surface area contributed by atoms with Gasteiger partial charge in [0.1, 0.15) is 0 Å². The number of carbonyl (C=O) groups excluding carboxylic acids is 1. The molecule has 1 aromatic rings. The van der Waals surface area contributed by atoms with Crippen LogP contribution in [0.25, 0.3) is 0 Å². The van der Waals surface area contributed by atoms with Gasteiger partial charge in [0.15, 0.2) is 0 Å². The van der Waals surface area contributed by atoms with Gasteiger partial charge in [-0.3, -0.25) is 4.79 Å². The molecule has 0 bridgehead atoms. The zero-order chi connectivity index (χ0) is 13.9. The van der Waals surface area contributed by atoms with E-state index in [0.29, 0.717) is 13.0 Å². The first-order valence-electron chi connectivity index (χ1n) is 6.81. The molecule has 0 radical (unpaired) electrons. The largest absolute Gasteiger partial charge is 0.466 e. The number of rotatable bonds is 9. The van der Waals surface area contributed by atoms with Gasteiger partial charge < -0.3 is 10.1 Å². The zero-order valence-electron chi connectivity index (χ0n) is 11.5. The number of para-hydroxylation sites is 1. The van der Waals surface area contributed by atoms with E-state index in [2.05, 4.69) is 5.32 Å². The molecule has 0 aliphatic rings. The molecule has 0 aliphatic carbocycles. The summed E-state index contributed by atoms with van der Waals surface area (Å²) in [5, 5.41) is 3.37. The van der Waals surface area contributed by atoms with Gasteiger partial charge in [0.2, 0.25) is 0 Å². The van der Waals surface area contributed by atoms with Gasteiger partial charge in [-0.05, 0) is 31.4 Å². The lowest BCUT2D eigenvalue weighted by Gasteiger charge is -2.11. The van der Waals surface area contributed by atoms with Gasteiger partial charge in [-0.1, -0.05) is 24.6 Å². The average molecular weight is 284 g/mol. The highest BCUT2D eigenvalue weighted by Crippen LogP contribution is 2.16. The number of unbranched alkanes of at least 4 members (excludes halogenated alkanes) is 2. The van der Waals surface area contributed by atoms with Crippen molar-refractivity contribution >= 4 is 23.3 Å². The van der Waals surface area contributed by atoms with E-state index in [1.165, 1.54) is 0 Å². The third-order valence-electron chi connectivity index (χ3n) is 2.78. The van der Waals surface area contributed by atoms with Crippen molar-refractivity contribution in [2.75, 3.05) is 24.3 Å². The Morgan fingerprint density at radius 2 is 2.05 bits per heavy atom. The van der Waals surface area contributed by atoms with Crippen molar-refractivity contribution in [3.8, 4) is 0 Å². The Bertz CT molecular complexity index is 382. The van der Waals surface area contributed by atoms with Gasteiger partial charge in [-0.2, -0.15) is 0 Å². The molecule has 0 aliphatic heterocycles. The minimum absolute atomic E-state index is 0.182. The van der Waals surface area contributed by atoms with E-state index >= 15 is 0 Å². The van der Waals surface area contributed by atoms with Gasteiger partial charge in [0, 0.05) is 18.1 Å². The van der Waals surface area contributed by atoms with E-state index in [1.807, 2.05) is 31.2 Å². The molecule has 0 atom stereocenters. The molecule has 106 valence electrons. The third kappa shape index (κ3) is 6.48. The van der Waals surface area contributed by atoms with Crippen LogP contribution in [0, 0.1) is 0 Å². The van der Waals surface area contributed by atoms with Crippen LogP contribution < -0.4 is 5.32 Å². The van der Waals surface area contributed by atoms with E-state index in [9.17, 15) is 4.79 Å². The summed E-state index contributed by atoms with van der Waals surface area (Å²) in [6, 6.07) is 7.86. The Balaban J connectivity index is 2.46. The Morgan fingerprint density at radius 1 is 1.26 bits per heavy atom. The number of nitrogens with one attached hydrogen (secondary N) is 1. The van der Waals surface area contributed by atoms with Crippen LogP contribution in [0.1, 0.15) is 31.7 Å². The second-order valence-electron chi connectivity index (χ2n) is 4.32. The second-order valence-corrected chi connectivity index (χ2v) is 4.69. The summed E-state index contributed by atoms with van der Waals surface area (Å²) in [4.78, 5) is 11.5. The molecule has 4 heteroatoms. The highest BCUT2D eigenvalue weighted by molar-refractivity contribution is 6.17. The maximum Gasteiger partial charge on any atom is 0.310 e. The zero-order valence-corrected chi connectivity index (χ0v) is 12.2. The Morgan fingerprint density at radius 3 is 2.79 bits per heavy atom. The second kappa shape index (κ2) is 9.68. The van der Waals surface area contributed by atoms with E-state index in [1.54, 1.807) is 0 Å². The van der Waals surface area contributed by atoms with Crippen LogP contribution in [0.15, 0.2) is 24.3 Å². The average Bonchev–Trinajstić information content (AvgIpc) is 2.40. The van der Waals surface area contributed by atoms with Gasteiger partial charge in [0.25, 0.3) is 0 Å². The number of alkyl halides is 1. The standard InChI is InChI=1S/C15H22ClNO2/c1-2-19-15(18)12-13-8-4-5-9-14(13)17-11-7-3-6-10-16/h4-5,8-9,17H,2-3,6-7,10-12H2,1H3. The first-order chi connectivity index (χ1) is 9.27. The minimum Gasteiger partial charge on any atom is -0.466 e. The molecule has 1 aromatic carbocycles. The summed E-state index contributed by atoms with van der Waals surface area (Å²) in [6.45, 7) is 3.14. The highest BCUT2D eigenvalue weighted by atomic mass is 35.5. The van der Waals surface area contributed by atoms with Crippen LogP contribution in [0.3, 0.4) is 0 Å². The summed E-state index contributed by atoms with van der Waals surface area (Å²) < 4.78 is 4.98. The molecule has 0 unspecified atom stereocenters. The molecule has 0 saturated carbocycles. The van der Waals surface area contributed by atoms with E-state index in [0.717, 1.165) is 42.9 Å². The number of anilines is 1. The summed E-state index contributed by atoms with van der Waals surface area (Å²) in [7, 11) is 0. The van der Waals surface area contributed by atoms with Crippen molar-refractivity contribution in [1.82, 2.24) is 0 Å². The fourth-order valence-corrected chi connectivity index (χ4v) is 2.02. The molecular weight excluding hydrogens is 262 g/mol. The number of hydrogen-bond acceptors (Lipinski definition) is 3. The summed E-state index contributed by atoms with van der Waals surface area (Å²) >= 11 is 5.64. The van der Waals surface area contributed by atoms with Gasteiger partial charge in [0.05, 0.1) is 13.0 Å². The van der Waals surface area contributed by atoms with Crippen molar-refractivity contribution in [2.24, 2.45) is 0 Å². The molecule has 0 fully saturated rings. The van der Waals surface area contributed by atoms with Crippen LogP contribution in [0.4, 0.5) is 5.69 Å². The number of esters is 1. The molecule has 19 heavy (non-hydrogen) atoms. The fraction of sp³-hybridized carbons (Fsp3) is 0.533. The van der Waals surface area contributed by atoms with Gasteiger partial charge >= 0.3 is 5.97 Å². The number of halogens is 1. The molecule has 1 N–H and O–H groups in total. The topological polar surface area (TPSA) is 38.3 Å². The van der Waals surface area contributed by atoms with Crippen molar-refractivity contribution in [1.29, 1.82) is 0 Å². The van der Waals surface area contributed by atoms with Crippen molar-refractivity contribution in [2.45, 2.75) is 32.6 Å². The normalized spacial score (nSPS) is 10.2. The van der Waals surface area contributed by atoms with E-state index in [-0.39, 0.29) is 5.97 Å². The fourth-order valence-electron chi connectivity index (χ4n) is 1.83. The van der Waals surface area contributed by atoms with Crippen molar-refractivity contribution < 1.29 is 9.53 Å². The van der Waals surface area contributed by atoms with E-state index in [4.69, 9.17) is 16.3 Å². The van der Waals surface area contributed by atoms with Gasteiger partial charge in [-0.25, -0.2) is 0 Å². The highest BCUT2D eigenvalue weighted by Gasteiger charge is 2.07. The number of hydrogen-bond donors (Lipinski definition) is 1. The molecule has 0 heterocycles. The van der Waals surface area contributed by atoms with Crippen molar-refractivity contribution in [3.05, 3.63) is 29.8 Å². The summed E-state index contributed by atoms with van der Waals surface area (Å²) in [5.74, 6) is 0.540. The molecule has 0 aromatic heterocycles. The summed E-state index contributed by atoms with van der Waals surface area (Å²) in [5.41, 5.74) is 2.00. The third-order valence-corrected chi connectivity index (χ3v) is 3.05.